The van der Waals surface area contributed by atoms with Gasteiger partial charge in [0.25, 0.3) is 0 Å². The van der Waals surface area contributed by atoms with E-state index >= 15 is 0 Å². The van der Waals surface area contributed by atoms with Crippen LogP contribution in [-0.4, -0.2) is 25.5 Å². The molecule has 0 bridgehead atoms. The Kier molecular flexibility index (Phi) is 5.80. The van der Waals surface area contributed by atoms with Crippen molar-refractivity contribution in [3.8, 4) is 0 Å². The number of carbonyl (C=O) groups is 1. The fraction of sp³-hybridized carbons (Fsp3) is 0.611. The second-order valence-electron chi connectivity index (χ2n) is 6.03. The first kappa shape index (κ1) is 16.0. The van der Waals surface area contributed by atoms with E-state index in [1.54, 1.807) is 0 Å². The number of unbranched alkanes of at least 4 members (excludes halogenated alkanes) is 1. The minimum Gasteiger partial charge on any atom is -0.317 e. The molecular weight excluding hydrogens is 260 g/mol. The van der Waals surface area contributed by atoms with Crippen molar-refractivity contribution in [2.45, 2.75) is 46.0 Å². The lowest BCUT2D eigenvalue weighted by molar-refractivity contribution is -0.130. The van der Waals surface area contributed by atoms with Crippen molar-refractivity contribution in [3.05, 3.63) is 30.3 Å². The van der Waals surface area contributed by atoms with E-state index in [4.69, 9.17) is 0 Å². The summed E-state index contributed by atoms with van der Waals surface area (Å²) in [6, 6.07) is 10.1. The lowest BCUT2D eigenvalue weighted by Gasteiger charge is -2.39. The van der Waals surface area contributed by atoms with Crippen LogP contribution < -0.4 is 10.2 Å². The maximum absolute atomic E-state index is 13.3. The lowest BCUT2D eigenvalue weighted by Crippen LogP contribution is -2.49. The predicted molar refractivity (Wildman–Crippen MR) is 88.5 cm³/mol. The number of hydrogen-bond acceptors (Lipinski definition) is 2. The van der Waals surface area contributed by atoms with Gasteiger partial charge < -0.3 is 10.2 Å². The Hall–Kier alpha value is -1.35. The van der Waals surface area contributed by atoms with Crippen LogP contribution in [0, 0.1) is 5.41 Å². The number of nitrogens with one attached hydrogen (secondary N) is 1. The van der Waals surface area contributed by atoms with Gasteiger partial charge in [0.05, 0.1) is 5.41 Å². The normalized spacial score (nSPS) is 17.4. The molecule has 1 saturated heterocycles. The van der Waals surface area contributed by atoms with Gasteiger partial charge in [-0.2, -0.15) is 0 Å². The number of anilines is 1. The summed E-state index contributed by atoms with van der Waals surface area (Å²) in [5.74, 6) is 0.325. The molecular formula is C18H28N2O. The highest BCUT2D eigenvalue weighted by molar-refractivity contribution is 5.97. The van der Waals surface area contributed by atoms with Gasteiger partial charge in [0, 0.05) is 12.2 Å². The summed E-state index contributed by atoms with van der Waals surface area (Å²) in [5, 5.41) is 3.38. The zero-order chi connectivity index (χ0) is 15.1. The highest BCUT2D eigenvalue weighted by Crippen LogP contribution is 2.36. The van der Waals surface area contributed by atoms with Crippen LogP contribution in [0.15, 0.2) is 30.3 Å². The number of carbonyl (C=O) groups excluding carboxylic acids is 1. The smallest absolute Gasteiger partial charge is 0.233 e. The van der Waals surface area contributed by atoms with Crippen molar-refractivity contribution in [2.24, 2.45) is 5.41 Å². The summed E-state index contributed by atoms with van der Waals surface area (Å²) in [6.07, 6.45) is 5.01. The molecule has 2 rings (SSSR count). The van der Waals surface area contributed by atoms with Crippen LogP contribution in [0.4, 0.5) is 5.69 Å². The number of para-hydroxylation sites is 1. The minimum atomic E-state index is -0.172. The van der Waals surface area contributed by atoms with Gasteiger partial charge in [0.15, 0.2) is 0 Å². The topological polar surface area (TPSA) is 32.3 Å². The second-order valence-corrected chi connectivity index (χ2v) is 6.03. The molecule has 0 radical (unpaired) electrons. The Morgan fingerprint density at radius 2 is 1.86 bits per heavy atom. The van der Waals surface area contributed by atoms with Gasteiger partial charge in [-0.05, 0) is 50.9 Å². The van der Waals surface area contributed by atoms with E-state index in [1.807, 2.05) is 23.1 Å². The van der Waals surface area contributed by atoms with Crippen LogP contribution in [0.3, 0.4) is 0 Å². The molecule has 0 aliphatic carbocycles. The molecule has 1 N–H and O–H groups in total. The minimum absolute atomic E-state index is 0.172. The molecule has 21 heavy (non-hydrogen) atoms. The molecule has 1 aliphatic rings. The number of amides is 1. The van der Waals surface area contributed by atoms with E-state index in [0.29, 0.717) is 5.91 Å². The van der Waals surface area contributed by atoms with Crippen LogP contribution in [0.5, 0.6) is 0 Å². The van der Waals surface area contributed by atoms with Gasteiger partial charge in [0.2, 0.25) is 5.91 Å². The Bertz CT molecular complexity index is 438. The third-order valence-electron chi connectivity index (χ3n) is 4.74. The van der Waals surface area contributed by atoms with E-state index in [0.717, 1.165) is 57.4 Å². The Morgan fingerprint density at radius 3 is 2.43 bits per heavy atom. The van der Waals surface area contributed by atoms with Crippen LogP contribution in [0.1, 0.15) is 46.0 Å². The molecule has 3 nitrogen and oxygen atoms in total. The first-order valence-electron chi connectivity index (χ1n) is 8.31. The molecule has 3 heteroatoms. The number of piperidine rings is 1. The van der Waals surface area contributed by atoms with Crippen molar-refractivity contribution in [3.63, 3.8) is 0 Å². The van der Waals surface area contributed by atoms with Gasteiger partial charge in [-0.1, -0.05) is 38.5 Å². The van der Waals surface area contributed by atoms with Gasteiger partial charge in [-0.15, -0.1) is 0 Å². The Balaban J connectivity index is 2.24. The number of rotatable bonds is 6. The molecule has 1 fully saturated rings. The first-order valence-corrected chi connectivity index (χ1v) is 8.31. The van der Waals surface area contributed by atoms with Gasteiger partial charge in [-0.25, -0.2) is 0 Å². The third-order valence-corrected chi connectivity index (χ3v) is 4.74. The molecule has 0 unspecified atom stereocenters. The summed E-state index contributed by atoms with van der Waals surface area (Å²) in [6.45, 7) is 7.07. The maximum Gasteiger partial charge on any atom is 0.233 e. The summed E-state index contributed by atoms with van der Waals surface area (Å²) in [5.41, 5.74) is 0.872. The molecule has 0 aromatic heterocycles. The molecule has 1 amide bonds. The second kappa shape index (κ2) is 7.60. The largest absolute Gasteiger partial charge is 0.317 e. The third kappa shape index (κ3) is 3.65. The summed E-state index contributed by atoms with van der Waals surface area (Å²) < 4.78 is 0. The molecule has 1 aromatic rings. The zero-order valence-electron chi connectivity index (χ0n) is 13.4. The van der Waals surface area contributed by atoms with Crippen molar-refractivity contribution >= 4 is 11.6 Å². The molecule has 0 atom stereocenters. The molecule has 1 aliphatic heterocycles. The van der Waals surface area contributed by atoms with Crippen molar-refractivity contribution < 1.29 is 4.79 Å². The van der Waals surface area contributed by atoms with Crippen molar-refractivity contribution in [1.29, 1.82) is 0 Å². The quantitative estimate of drug-likeness (QED) is 0.867. The standard InChI is InChI=1S/C18H28N2O/c1-3-5-15-20(16-9-7-6-8-10-16)17(21)18(4-2)11-13-19-14-12-18/h6-10,19H,3-5,11-15H2,1-2H3. The highest BCUT2D eigenvalue weighted by atomic mass is 16.2. The first-order chi connectivity index (χ1) is 10.2. The van der Waals surface area contributed by atoms with Crippen molar-refractivity contribution in [1.82, 2.24) is 5.32 Å². The Morgan fingerprint density at radius 1 is 1.19 bits per heavy atom. The highest BCUT2D eigenvalue weighted by Gasteiger charge is 2.40. The summed E-state index contributed by atoms with van der Waals surface area (Å²) in [7, 11) is 0. The van der Waals surface area contributed by atoms with Gasteiger partial charge in [0.1, 0.15) is 0 Å². The van der Waals surface area contributed by atoms with Crippen LogP contribution in [-0.2, 0) is 4.79 Å². The molecule has 1 aromatic carbocycles. The van der Waals surface area contributed by atoms with E-state index < -0.39 is 0 Å². The van der Waals surface area contributed by atoms with E-state index in [2.05, 4.69) is 31.3 Å². The maximum atomic E-state index is 13.3. The molecule has 1 heterocycles. The van der Waals surface area contributed by atoms with Crippen molar-refractivity contribution in [2.75, 3.05) is 24.5 Å². The average Bonchev–Trinajstić information content (AvgIpc) is 2.56. The molecule has 0 spiro atoms. The summed E-state index contributed by atoms with van der Waals surface area (Å²) in [4.78, 5) is 15.3. The van der Waals surface area contributed by atoms with Gasteiger partial charge in [-0.3, -0.25) is 4.79 Å². The predicted octanol–water partition coefficient (Wildman–Crippen LogP) is 3.60. The van der Waals surface area contributed by atoms with Crippen LogP contribution >= 0.6 is 0 Å². The van der Waals surface area contributed by atoms with Crippen LogP contribution in [0.2, 0.25) is 0 Å². The van der Waals surface area contributed by atoms with Crippen LogP contribution in [0.25, 0.3) is 0 Å². The number of nitrogens with zero attached hydrogens (tertiary/aromatic N) is 1. The molecule has 0 saturated carbocycles. The van der Waals surface area contributed by atoms with Gasteiger partial charge >= 0.3 is 0 Å². The molecule has 116 valence electrons. The average molecular weight is 288 g/mol. The number of benzene rings is 1. The fourth-order valence-electron chi connectivity index (χ4n) is 3.18. The monoisotopic (exact) mass is 288 g/mol. The fourth-order valence-corrected chi connectivity index (χ4v) is 3.18. The lowest BCUT2D eigenvalue weighted by atomic mass is 9.75. The zero-order valence-corrected chi connectivity index (χ0v) is 13.4. The van der Waals surface area contributed by atoms with E-state index in [1.165, 1.54) is 0 Å². The SMILES string of the molecule is CCCCN(C(=O)C1(CC)CCNCC1)c1ccccc1. The Labute approximate surface area is 128 Å². The number of hydrogen-bond donors (Lipinski definition) is 1. The van der Waals surface area contributed by atoms with E-state index in [-0.39, 0.29) is 5.41 Å². The summed E-state index contributed by atoms with van der Waals surface area (Å²) >= 11 is 0. The van der Waals surface area contributed by atoms with E-state index in [9.17, 15) is 4.79 Å².